The highest BCUT2D eigenvalue weighted by atomic mass is 16.5. The summed E-state index contributed by atoms with van der Waals surface area (Å²) in [5.41, 5.74) is 8.18. The standard InChI is InChI=1S/C15H20N2O/c1-3-18-11-15(2,16)10-12-8-9-17-14-7-5-4-6-13(12)14/h4-9H,3,10-11,16H2,1-2H3. The van der Waals surface area contributed by atoms with Crippen molar-refractivity contribution in [1.82, 2.24) is 4.98 Å². The topological polar surface area (TPSA) is 48.1 Å². The molecule has 0 aliphatic rings. The number of aromatic nitrogens is 1. The van der Waals surface area contributed by atoms with Gasteiger partial charge in [-0.2, -0.15) is 0 Å². The van der Waals surface area contributed by atoms with Gasteiger partial charge < -0.3 is 10.5 Å². The molecule has 0 fully saturated rings. The average molecular weight is 244 g/mol. The number of hydrogen-bond donors (Lipinski definition) is 1. The lowest BCUT2D eigenvalue weighted by atomic mass is 9.93. The number of nitrogens with two attached hydrogens (primary N) is 1. The SMILES string of the molecule is CCOCC(C)(N)Cc1ccnc2ccccc12. The van der Waals surface area contributed by atoms with Crippen LogP contribution in [0.5, 0.6) is 0 Å². The highest BCUT2D eigenvalue weighted by Gasteiger charge is 2.20. The van der Waals surface area contributed by atoms with Crippen molar-refractivity contribution in [2.75, 3.05) is 13.2 Å². The van der Waals surface area contributed by atoms with E-state index < -0.39 is 0 Å². The van der Waals surface area contributed by atoms with Gasteiger partial charge in [-0.1, -0.05) is 18.2 Å². The molecule has 0 saturated carbocycles. The fourth-order valence-corrected chi connectivity index (χ4v) is 2.13. The Hall–Kier alpha value is -1.45. The van der Waals surface area contributed by atoms with E-state index >= 15 is 0 Å². The maximum atomic E-state index is 6.28. The fourth-order valence-electron chi connectivity index (χ4n) is 2.13. The van der Waals surface area contributed by atoms with Crippen LogP contribution in [0.4, 0.5) is 0 Å². The zero-order chi connectivity index (χ0) is 13.0. The summed E-state index contributed by atoms with van der Waals surface area (Å²) in [5, 5.41) is 1.17. The number of para-hydroxylation sites is 1. The number of rotatable bonds is 5. The van der Waals surface area contributed by atoms with Gasteiger partial charge in [0.15, 0.2) is 0 Å². The number of benzene rings is 1. The summed E-state index contributed by atoms with van der Waals surface area (Å²) in [4.78, 5) is 4.36. The Morgan fingerprint density at radius 3 is 2.83 bits per heavy atom. The van der Waals surface area contributed by atoms with Gasteiger partial charge in [0.2, 0.25) is 0 Å². The molecule has 0 saturated heterocycles. The molecule has 0 spiro atoms. The smallest absolute Gasteiger partial charge is 0.0704 e. The van der Waals surface area contributed by atoms with Crippen LogP contribution < -0.4 is 5.73 Å². The minimum atomic E-state index is -0.347. The van der Waals surface area contributed by atoms with Crippen LogP contribution in [-0.2, 0) is 11.2 Å². The summed E-state index contributed by atoms with van der Waals surface area (Å²) in [6, 6.07) is 10.2. The van der Waals surface area contributed by atoms with Gasteiger partial charge in [0, 0.05) is 23.7 Å². The minimum absolute atomic E-state index is 0.347. The number of pyridine rings is 1. The van der Waals surface area contributed by atoms with Gasteiger partial charge in [-0.3, -0.25) is 4.98 Å². The third-order valence-electron chi connectivity index (χ3n) is 2.97. The molecule has 2 N–H and O–H groups in total. The van der Waals surface area contributed by atoms with Crippen molar-refractivity contribution in [3.63, 3.8) is 0 Å². The molecule has 0 amide bonds. The number of ether oxygens (including phenoxy) is 1. The Bertz CT molecular complexity index is 517. The van der Waals surface area contributed by atoms with E-state index in [1.807, 2.05) is 44.3 Å². The highest BCUT2D eigenvalue weighted by Crippen LogP contribution is 2.20. The first-order chi connectivity index (χ1) is 8.62. The normalized spacial score (nSPS) is 14.6. The van der Waals surface area contributed by atoms with Gasteiger partial charge in [-0.15, -0.1) is 0 Å². The van der Waals surface area contributed by atoms with Crippen molar-refractivity contribution in [3.05, 3.63) is 42.1 Å². The molecule has 1 unspecified atom stereocenters. The Labute approximate surface area is 108 Å². The van der Waals surface area contributed by atoms with E-state index in [1.165, 1.54) is 10.9 Å². The first-order valence-corrected chi connectivity index (χ1v) is 6.31. The minimum Gasteiger partial charge on any atom is -0.380 e. The lowest BCUT2D eigenvalue weighted by Crippen LogP contribution is -2.43. The summed E-state index contributed by atoms with van der Waals surface area (Å²) in [7, 11) is 0. The summed E-state index contributed by atoms with van der Waals surface area (Å²) >= 11 is 0. The van der Waals surface area contributed by atoms with E-state index in [9.17, 15) is 0 Å². The van der Waals surface area contributed by atoms with Gasteiger partial charge >= 0.3 is 0 Å². The second-order valence-electron chi connectivity index (χ2n) is 4.96. The highest BCUT2D eigenvalue weighted by molar-refractivity contribution is 5.81. The average Bonchev–Trinajstić information content (AvgIpc) is 2.37. The molecular formula is C15H20N2O. The summed E-state index contributed by atoms with van der Waals surface area (Å²) in [5.74, 6) is 0. The van der Waals surface area contributed by atoms with Crippen LogP contribution in [0, 0.1) is 0 Å². The monoisotopic (exact) mass is 244 g/mol. The van der Waals surface area contributed by atoms with Gasteiger partial charge in [0.1, 0.15) is 0 Å². The molecular weight excluding hydrogens is 224 g/mol. The third kappa shape index (κ3) is 3.06. The quantitative estimate of drug-likeness (QED) is 0.879. The molecule has 3 heteroatoms. The zero-order valence-corrected chi connectivity index (χ0v) is 11.0. The maximum Gasteiger partial charge on any atom is 0.0704 e. The van der Waals surface area contributed by atoms with E-state index in [0.29, 0.717) is 13.2 Å². The number of hydrogen-bond acceptors (Lipinski definition) is 3. The lowest BCUT2D eigenvalue weighted by molar-refractivity contribution is 0.101. The third-order valence-corrected chi connectivity index (χ3v) is 2.97. The van der Waals surface area contributed by atoms with Crippen LogP contribution in [0.3, 0.4) is 0 Å². The van der Waals surface area contributed by atoms with Crippen LogP contribution in [0.2, 0.25) is 0 Å². The molecule has 2 aromatic rings. The molecule has 0 bridgehead atoms. The van der Waals surface area contributed by atoms with E-state index in [0.717, 1.165) is 11.9 Å². The largest absolute Gasteiger partial charge is 0.380 e. The first-order valence-electron chi connectivity index (χ1n) is 6.31. The Kier molecular flexibility index (Phi) is 3.94. The molecule has 1 heterocycles. The molecule has 0 aliphatic carbocycles. The van der Waals surface area contributed by atoms with Gasteiger partial charge in [0.25, 0.3) is 0 Å². The van der Waals surface area contributed by atoms with Crippen LogP contribution >= 0.6 is 0 Å². The van der Waals surface area contributed by atoms with Crippen molar-refractivity contribution in [2.24, 2.45) is 5.73 Å². The second kappa shape index (κ2) is 5.46. The van der Waals surface area contributed by atoms with Gasteiger partial charge in [0.05, 0.1) is 12.1 Å². The van der Waals surface area contributed by atoms with E-state index in [-0.39, 0.29) is 5.54 Å². The fraction of sp³-hybridized carbons (Fsp3) is 0.400. The molecule has 1 atom stereocenters. The van der Waals surface area contributed by atoms with Crippen LogP contribution in [0.15, 0.2) is 36.5 Å². The Morgan fingerprint density at radius 2 is 2.06 bits per heavy atom. The predicted octanol–water partition coefficient (Wildman–Crippen LogP) is 2.53. The Balaban J connectivity index is 2.26. The van der Waals surface area contributed by atoms with Crippen molar-refractivity contribution in [3.8, 4) is 0 Å². The van der Waals surface area contributed by atoms with E-state index in [4.69, 9.17) is 10.5 Å². The molecule has 3 nitrogen and oxygen atoms in total. The van der Waals surface area contributed by atoms with Crippen molar-refractivity contribution in [2.45, 2.75) is 25.8 Å². The summed E-state index contributed by atoms with van der Waals surface area (Å²) in [6.07, 6.45) is 2.63. The summed E-state index contributed by atoms with van der Waals surface area (Å²) in [6.45, 7) is 5.28. The van der Waals surface area contributed by atoms with Gasteiger partial charge in [-0.05, 0) is 38.0 Å². The Morgan fingerprint density at radius 1 is 1.28 bits per heavy atom. The van der Waals surface area contributed by atoms with Gasteiger partial charge in [-0.25, -0.2) is 0 Å². The van der Waals surface area contributed by atoms with Crippen LogP contribution in [0.25, 0.3) is 10.9 Å². The van der Waals surface area contributed by atoms with E-state index in [1.54, 1.807) is 0 Å². The molecule has 18 heavy (non-hydrogen) atoms. The van der Waals surface area contributed by atoms with Crippen molar-refractivity contribution >= 4 is 10.9 Å². The lowest BCUT2D eigenvalue weighted by Gasteiger charge is -2.24. The van der Waals surface area contributed by atoms with E-state index in [2.05, 4.69) is 11.1 Å². The molecule has 96 valence electrons. The molecule has 0 aliphatic heterocycles. The zero-order valence-electron chi connectivity index (χ0n) is 11.0. The van der Waals surface area contributed by atoms with Crippen LogP contribution in [0.1, 0.15) is 19.4 Å². The maximum absolute atomic E-state index is 6.28. The first kappa shape index (κ1) is 13.0. The van der Waals surface area contributed by atoms with Crippen LogP contribution in [-0.4, -0.2) is 23.7 Å². The number of nitrogens with zero attached hydrogens (tertiary/aromatic N) is 1. The molecule has 0 radical (unpaired) electrons. The molecule has 2 rings (SSSR count). The predicted molar refractivity (Wildman–Crippen MR) is 74.5 cm³/mol. The molecule has 1 aromatic carbocycles. The van der Waals surface area contributed by atoms with Crippen molar-refractivity contribution < 1.29 is 4.74 Å². The number of fused-ring (bicyclic) bond motifs is 1. The molecule has 1 aromatic heterocycles. The van der Waals surface area contributed by atoms with Crippen molar-refractivity contribution in [1.29, 1.82) is 0 Å². The second-order valence-corrected chi connectivity index (χ2v) is 4.96. The summed E-state index contributed by atoms with van der Waals surface area (Å²) < 4.78 is 5.44.